The molecule has 0 saturated heterocycles. The molecule has 2 nitrogen and oxygen atoms in total. The lowest BCUT2D eigenvalue weighted by atomic mass is 9.75. The van der Waals surface area contributed by atoms with Gasteiger partial charge in [-0.1, -0.05) is 29.8 Å². The van der Waals surface area contributed by atoms with Crippen molar-refractivity contribution in [1.82, 2.24) is 0 Å². The molecular formula is C19H23NO. The maximum Gasteiger partial charge on any atom is 0.119 e. The van der Waals surface area contributed by atoms with Gasteiger partial charge in [-0.25, -0.2) is 0 Å². The van der Waals surface area contributed by atoms with Crippen LogP contribution in [-0.4, -0.2) is 13.2 Å². The van der Waals surface area contributed by atoms with Crippen LogP contribution < -0.4 is 10.1 Å². The lowest BCUT2D eigenvalue weighted by molar-refractivity contribution is 0.370. The summed E-state index contributed by atoms with van der Waals surface area (Å²) < 4.78 is 5.31. The first-order valence-corrected chi connectivity index (χ1v) is 7.63. The van der Waals surface area contributed by atoms with E-state index in [0.29, 0.717) is 12.0 Å². The van der Waals surface area contributed by atoms with Crippen molar-refractivity contribution in [3.63, 3.8) is 0 Å². The molecule has 0 heterocycles. The van der Waals surface area contributed by atoms with E-state index < -0.39 is 0 Å². The molecule has 1 aliphatic carbocycles. The van der Waals surface area contributed by atoms with Crippen LogP contribution in [0.2, 0.25) is 0 Å². The van der Waals surface area contributed by atoms with Crippen LogP contribution in [0.25, 0.3) is 0 Å². The predicted octanol–water partition coefficient (Wildman–Crippen LogP) is 4.67. The molecular weight excluding hydrogens is 258 g/mol. The standard InChI is InChI=1S/C19H23NO/c1-13-7-8-19(14(2)9-13)20-17-10-16(11-17)15-5-4-6-18(12-15)21-3/h4-9,12,16-17,20H,10-11H2,1-3H3. The van der Waals surface area contributed by atoms with Crippen molar-refractivity contribution in [2.75, 3.05) is 12.4 Å². The summed E-state index contributed by atoms with van der Waals surface area (Å²) in [5.41, 5.74) is 5.32. The largest absolute Gasteiger partial charge is 0.497 e. The Balaban J connectivity index is 1.60. The maximum absolute atomic E-state index is 5.31. The van der Waals surface area contributed by atoms with E-state index >= 15 is 0 Å². The quantitative estimate of drug-likeness (QED) is 0.879. The molecule has 2 aromatic carbocycles. The van der Waals surface area contributed by atoms with Gasteiger partial charge in [-0.05, 0) is 61.9 Å². The molecule has 0 spiro atoms. The van der Waals surface area contributed by atoms with Gasteiger partial charge in [0.15, 0.2) is 0 Å². The molecule has 0 radical (unpaired) electrons. The van der Waals surface area contributed by atoms with Gasteiger partial charge in [0.1, 0.15) is 5.75 Å². The lowest BCUT2D eigenvalue weighted by Gasteiger charge is -2.37. The number of ether oxygens (including phenoxy) is 1. The van der Waals surface area contributed by atoms with Crippen LogP contribution >= 0.6 is 0 Å². The Kier molecular flexibility index (Phi) is 3.87. The van der Waals surface area contributed by atoms with Gasteiger partial charge in [-0.15, -0.1) is 0 Å². The smallest absolute Gasteiger partial charge is 0.119 e. The Morgan fingerprint density at radius 3 is 2.57 bits per heavy atom. The predicted molar refractivity (Wildman–Crippen MR) is 88.3 cm³/mol. The first-order valence-electron chi connectivity index (χ1n) is 7.63. The molecule has 0 atom stereocenters. The Morgan fingerprint density at radius 2 is 1.86 bits per heavy atom. The fourth-order valence-corrected chi connectivity index (χ4v) is 3.10. The van der Waals surface area contributed by atoms with E-state index in [0.717, 1.165) is 5.75 Å². The molecule has 3 rings (SSSR count). The van der Waals surface area contributed by atoms with Crippen molar-refractivity contribution < 1.29 is 4.74 Å². The SMILES string of the molecule is COc1cccc(C2CC(Nc3ccc(C)cc3C)C2)c1. The highest BCUT2D eigenvalue weighted by Crippen LogP contribution is 2.39. The van der Waals surface area contributed by atoms with E-state index in [1.54, 1.807) is 7.11 Å². The highest BCUT2D eigenvalue weighted by Gasteiger charge is 2.30. The summed E-state index contributed by atoms with van der Waals surface area (Å²) >= 11 is 0. The Morgan fingerprint density at radius 1 is 1.05 bits per heavy atom. The minimum Gasteiger partial charge on any atom is -0.497 e. The van der Waals surface area contributed by atoms with E-state index in [2.05, 4.69) is 55.6 Å². The molecule has 1 aliphatic rings. The molecule has 0 bridgehead atoms. The minimum absolute atomic E-state index is 0.586. The molecule has 0 aliphatic heterocycles. The zero-order chi connectivity index (χ0) is 14.8. The Bertz CT molecular complexity index is 629. The summed E-state index contributed by atoms with van der Waals surface area (Å²) in [6.07, 6.45) is 2.39. The highest BCUT2D eigenvalue weighted by atomic mass is 16.5. The molecule has 0 amide bonds. The van der Waals surface area contributed by atoms with Gasteiger partial charge in [0.2, 0.25) is 0 Å². The molecule has 1 saturated carbocycles. The zero-order valence-corrected chi connectivity index (χ0v) is 13.0. The number of methoxy groups -OCH3 is 1. The molecule has 1 fully saturated rings. The number of rotatable bonds is 4. The van der Waals surface area contributed by atoms with E-state index in [1.807, 2.05) is 6.07 Å². The highest BCUT2D eigenvalue weighted by molar-refractivity contribution is 5.53. The second-order valence-electron chi connectivity index (χ2n) is 6.10. The van der Waals surface area contributed by atoms with Crippen LogP contribution in [-0.2, 0) is 0 Å². The fourth-order valence-electron chi connectivity index (χ4n) is 3.10. The van der Waals surface area contributed by atoms with Gasteiger partial charge >= 0.3 is 0 Å². The summed E-state index contributed by atoms with van der Waals surface area (Å²) in [6.45, 7) is 4.31. The first kappa shape index (κ1) is 14.0. The van der Waals surface area contributed by atoms with Gasteiger partial charge in [-0.3, -0.25) is 0 Å². The minimum atomic E-state index is 0.586. The van der Waals surface area contributed by atoms with Crippen molar-refractivity contribution in [3.8, 4) is 5.75 Å². The van der Waals surface area contributed by atoms with Crippen molar-refractivity contribution in [3.05, 3.63) is 59.2 Å². The fraction of sp³-hybridized carbons (Fsp3) is 0.368. The Hall–Kier alpha value is -1.96. The van der Waals surface area contributed by atoms with Gasteiger partial charge in [0, 0.05) is 11.7 Å². The third-order valence-electron chi connectivity index (χ3n) is 4.44. The zero-order valence-electron chi connectivity index (χ0n) is 13.0. The topological polar surface area (TPSA) is 21.3 Å². The number of benzene rings is 2. The van der Waals surface area contributed by atoms with E-state index in [9.17, 15) is 0 Å². The summed E-state index contributed by atoms with van der Waals surface area (Å²) in [6, 6.07) is 15.7. The number of hydrogen-bond donors (Lipinski definition) is 1. The van der Waals surface area contributed by atoms with Crippen molar-refractivity contribution >= 4 is 5.69 Å². The Labute approximate surface area is 127 Å². The summed E-state index contributed by atoms with van der Waals surface area (Å²) in [4.78, 5) is 0. The third-order valence-corrected chi connectivity index (χ3v) is 4.44. The van der Waals surface area contributed by atoms with Crippen LogP contribution in [0.5, 0.6) is 5.75 Å². The normalized spacial score (nSPS) is 20.7. The van der Waals surface area contributed by atoms with E-state index in [-0.39, 0.29) is 0 Å². The number of hydrogen-bond acceptors (Lipinski definition) is 2. The van der Waals surface area contributed by atoms with Crippen molar-refractivity contribution in [2.24, 2.45) is 0 Å². The summed E-state index contributed by atoms with van der Waals surface area (Å²) in [5.74, 6) is 1.61. The second-order valence-corrected chi connectivity index (χ2v) is 6.10. The van der Waals surface area contributed by atoms with Crippen LogP contribution in [0.15, 0.2) is 42.5 Å². The number of nitrogens with one attached hydrogen (secondary N) is 1. The molecule has 0 aromatic heterocycles. The third kappa shape index (κ3) is 3.05. The van der Waals surface area contributed by atoms with Crippen molar-refractivity contribution in [1.29, 1.82) is 0 Å². The summed E-state index contributed by atoms with van der Waals surface area (Å²) in [7, 11) is 1.73. The molecule has 2 heteroatoms. The monoisotopic (exact) mass is 281 g/mol. The molecule has 0 unspecified atom stereocenters. The van der Waals surface area contributed by atoms with Crippen LogP contribution in [0.3, 0.4) is 0 Å². The van der Waals surface area contributed by atoms with Crippen molar-refractivity contribution in [2.45, 2.75) is 38.6 Å². The van der Waals surface area contributed by atoms with E-state index in [4.69, 9.17) is 4.74 Å². The van der Waals surface area contributed by atoms with Gasteiger partial charge in [0.05, 0.1) is 7.11 Å². The molecule has 1 N–H and O–H groups in total. The first-order chi connectivity index (χ1) is 10.2. The van der Waals surface area contributed by atoms with Gasteiger partial charge in [-0.2, -0.15) is 0 Å². The molecule has 21 heavy (non-hydrogen) atoms. The number of anilines is 1. The maximum atomic E-state index is 5.31. The molecule has 2 aromatic rings. The number of aryl methyl sites for hydroxylation is 2. The van der Waals surface area contributed by atoms with Crippen LogP contribution in [0.1, 0.15) is 35.4 Å². The van der Waals surface area contributed by atoms with Gasteiger partial charge < -0.3 is 10.1 Å². The molecule has 110 valence electrons. The van der Waals surface area contributed by atoms with Gasteiger partial charge in [0.25, 0.3) is 0 Å². The summed E-state index contributed by atoms with van der Waals surface area (Å²) in [5, 5.41) is 3.67. The van der Waals surface area contributed by atoms with Crippen LogP contribution in [0, 0.1) is 13.8 Å². The lowest BCUT2D eigenvalue weighted by Crippen LogP contribution is -2.34. The second kappa shape index (κ2) is 5.80. The average Bonchev–Trinajstić information content (AvgIpc) is 2.44. The van der Waals surface area contributed by atoms with E-state index in [1.165, 1.54) is 35.2 Å². The van der Waals surface area contributed by atoms with Crippen LogP contribution in [0.4, 0.5) is 5.69 Å². The average molecular weight is 281 g/mol.